The van der Waals surface area contributed by atoms with Gasteiger partial charge in [-0.15, -0.1) is 0 Å². The van der Waals surface area contributed by atoms with Crippen LogP contribution in [0.4, 0.5) is 4.79 Å². The molecule has 1 saturated heterocycles. The van der Waals surface area contributed by atoms with E-state index in [4.69, 9.17) is 18.9 Å². The van der Waals surface area contributed by atoms with Crippen molar-refractivity contribution in [2.24, 2.45) is 0 Å². The fourth-order valence-corrected chi connectivity index (χ4v) is 5.43. The summed E-state index contributed by atoms with van der Waals surface area (Å²) in [5.74, 6) is 2.28. The predicted octanol–water partition coefficient (Wildman–Crippen LogP) is 7.00. The van der Waals surface area contributed by atoms with Crippen LogP contribution in [-0.2, 0) is 11.3 Å². The molecule has 4 aromatic rings. The monoisotopic (exact) mass is 553 g/mol. The van der Waals surface area contributed by atoms with Crippen LogP contribution in [0.25, 0.3) is 16.8 Å². The lowest BCUT2D eigenvalue weighted by Gasteiger charge is -2.37. The van der Waals surface area contributed by atoms with Gasteiger partial charge in [-0.1, -0.05) is 72.8 Å². The van der Waals surface area contributed by atoms with E-state index >= 15 is 0 Å². The first-order chi connectivity index (χ1) is 20.1. The van der Waals surface area contributed by atoms with Crippen molar-refractivity contribution in [1.82, 2.24) is 4.90 Å². The van der Waals surface area contributed by atoms with E-state index < -0.39 is 6.09 Å². The molecule has 1 amide bonds. The summed E-state index contributed by atoms with van der Waals surface area (Å²) in [7, 11) is 3.29. The minimum absolute atomic E-state index is 0.0333. The standard InChI is InChI=1S/C34H35NO6/c1-38-31-21-26(33(39-2)30-13-7-6-12-29(30)31)23-41-32-22-35(34(36)37)19-18-28(32)25-14-16-27(17-15-25)40-20-8-11-24-9-4-3-5-10-24/h3-17,21,28,32H,18-20,22-23H2,1-2H3,(H,36,37)/b11-8+. The summed E-state index contributed by atoms with van der Waals surface area (Å²) in [5, 5.41) is 11.6. The van der Waals surface area contributed by atoms with E-state index in [1.165, 1.54) is 4.90 Å². The van der Waals surface area contributed by atoms with Gasteiger partial charge in [0.25, 0.3) is 0 Å². The highest BCUT2D eigenvalue weighted by molar-refractivity contribution is 5.94. The van der Waals surface area contributed by atoms with E-state index in [9.17, 15) is 9.90 Å². The maximum Gasteiger partial charge on any atom is 0.407 e. The van der Waals surface area contributed by atoms with Gasteiger partial charge < -0.3 is 29.0 Å². The van der Waals surface area contributed by atoms with Crippen molar-refractivity contribution in [2.75, 3.05) is 33.9 Å². The van der Waals surface area contributed by atoms with Gasteiger partial charge in [-0.25, -0.2) is 4.79 Å². The predicted molar refractivity (Wildman–Crippen MR) is 160 cm³/mol. The van der Waals surface area contributed by atoms with Crippen LogP contribution in [0.15, 0.2) is 91.0 Å². The smallest absolute Gasteiger partial charge is 0.407 e. The van der Waals surface area contributed by atoms with E-state index in [-0.39, 0.29) is 25.2 Å². The van der Waals surface area contributed by atoms with Crippen molar-refractivity contribution in [3.05, 3.63) is 108 Å². The Balaban J connectivity index is 1.30. The van der Waals surface area contributed by atoms with Crippen LogP contribution in [0.1, 0.15) is 29.0 Å². The fraction of sp³-hybridized carbons (Fsp3) is 0.265. The molecule has 1 N–H and O–H groups in total. The van der Waals surface area contributed by atoms with Gasteiger partial charge in [-0.05, 0) is 41.8 Å². The summed E-state index contributed by atoms with van der Waals surface area (Å²) >= 11 is 0. The van der Waals surface area contributed by atoms with Gasteiger partial charge in [-0.3, -0.25) is 0 Å². The van der Waals surface area contributed by atoms with Gasteiger partial charge in [0, 0.05) is 28.8 Å². The first-order valence-electron chi connectivity index (χ1n) is 13.7. The van der Waals surface area contributed by atoms with E-state index in [1.54, 1.807) is 14.2 Å². The van der Waals surface area contributed by atoms with Gasteiger partial charge in [-0.2, -0.15) is 0 Å². The normalized spacial score (nSPS) is 17.1. The first kappa shape index (κ1) is 28.1. The Kier molecular flexibility index (Phi) is 9.06. The number of hydrogen-bond acceptors (Lipinski definition) is 5. The number of likely N-dealkylation sites (tertiary alicyclic amines) is 1. The summed E-state index contributed by atoms with van der Waals surface area (Å²) in [6.07, 6.45) is 3.42. The number of fused-ring (bicyclic) bond motifs is 1. The molecular formula is C34H35NO6. The number of nitrogens with zero attached hydrogens (tertiary/aromatic N) is 1. The summed E-state index contributed by atoms with van der Waals surface area (Å²) in [4.78, 5) is 13.2. The number of ether oxygens (including phenoxy) is 4. The zero-order chi connectivity index (χ0) is 28.6. The number of rotatable bonds is 10. The van der Waals surface area contributed by atoms with Crippen LogP contribution in [0.2, 0.25) is 0 Å². The zero-order valence-electron chi connectivity index (χ0n) is 23.4. The minimum Gasteiger partial charge on any atom is -0.496 e. The highest BCUT2D eigenvalue weighted by atomic mass is 16.5. The van der Waals surface area contributed by atoms with Crippen molar-refractivity contribution < 1.29 is 28.8 Å². The fourth-order valence-electron chi connectivity index (χ4n) is 5.43. The highest BCUT2D eigenvalue weighted by Crippen LogP contribution is 2.38. The zero-order valence-corrected chi connectivity index (χ0v) is 23.4. The number of benzene rings is 4. The Morgan fingerprint density at radius 1 is 0.951 bits per heavy atom. The molecule has 0 radical (unpaired) electrons. The summed E-state index contributed by atoms with van der Waals surface area (Å²) in [6, 6.07) is 28.0. The maximum atomic E-state index is 11.8. The largest absolute Gasteiger partial charge is 0.496 e. The molecule has 7 nitrogen and oxygen atoms in total. The third kappa shape index (κ3) is 6.64. The van der Waals surface area contributed by atoms with Gasteiger partial charge in [0.15, 0.2) is 0 Å². The molecule has 5 rings (SSSR count). The van der Waals surface area contributed by atoms with E-state index in [1.807, 2.05) is 97.1 Å². The summed E-state index contributed by atoms with van der Waals surface area (Å²) in [5.41, 5.74) is 3.07. The Labute approximate surface area is 240 Å². The van der Waals surface area contributed by atoms with Crippen molar-refractivity contribution in [3.63, 3.8) is 0 Å². The summed E-state index contributed by atoms with van der Waals surface area (Å²) in [6.45, 7) is 1.47. The molecule has 1 heterocycles. The van der Waals surface area contributed by atoms with Crippen LogP contribution in [0.3, 0.4) is 0 Å². The maximum absolute atomic E-state index is 11.8. The molecule has 1 aliphatic rings. The lowest BCUT2D eigenvalue weighted by atomic mass is 9.87. The number of amides is 1. The van der Waals surface area contributed by atoms with Crippen LogP contribution < -0.4 is 14.2 Å². The Morgan fingerprint density at radius 3 is 2.39 bits per heavy atom. The third-order valence-corrected chi connectivity index (χ3v) is 7.51. The quantitative estimate of drug-likeness (QED) is 0.228. The topological polar surface area (TPSA) is 77.5 Å². The van der Waals surface area contributed by atoms with Gasteiger partial charge in [0.2, 0.25) is 0 Å². The second-order valence-electron chi connectivity index (χ2n) is 9.98. The van der Waals surface area contributed by atoms with Crippen LogP contribution in [-0.4, -0.2) is 56.1 Å². The molecular weight excluding hydrogens is 518 g/mol. The second-order valence-corrected chi connectivity index (χ2v) is 9.98. The van der Waals surface area contributed by atoms with Crippen molar-refractivity contribution in [1.29, 1.82) is 0 Å². The lowest BCUT2D eigenvalue weighted by molar-refractivity contribution is -0.0204. The lowest BCUT2D eigenvalue weighted by Crippen LogP contribution is -2.46. The molecule has 41 heavy (non-hydrogen) atoms. The van der Waals surface area contributed by atoms with Crippen LogP contribution in [0.5, 0.6) is 17.2 Å². The highest BCUT2D eigenvalue weighted by Gasteiger charge is 2.33. The Morgan fingerprint density at radius 2 is 1.68 bits per heavy atom. The molecule has 1 aliphatic heterocycles. The Hall–Kier alpha value is -4.49. The second kappa shape index (κ2) is 13.2. The van der Waals surface area contributed by atoms with Crippen molar-refractivity contribution in [3.8, 4) is 17.2 Å². The van der Waals surface area contributed by atoms with E-state index in [2.05, 4.69) is 0 Å². The molecule has 0 bridgehead atoms. The van der Waals surface area contributed by atoms with Gasteiger partial charge >= 0.3 is 6.09 Å². The Bertz CT molecular complexity index is 1480. The number of carbonyl (C=O) groups is 1. The number of methoxy groups -OCH3 is 2. The number of hydrogen-bond donors (Lipinski definition) is 1. The molecule has 2 unspecified atom stereocenters. The van der Waals surface area contributed by atoms with Crippen LogP contribution in [0, 0.1) is 0 Å². The molecule has 0 aliphatic carbocycles. The molecule has 0 saturated carbocycles. The molecule has 212 valence electrons. The minimum atomic E-state index is -0.936. The first-order valence-corrected chi connectivity index (χ1v) is 13.7. The average Bonchev–Trinajstić information content (AvgIpc) is 3.02. The molecule has 0 spiro atoms. The van der Waals surface area contributed by atoms with Gasteiger partial charge in [0.1, 0.15) is 23.9 Å². The average molecular weight is 554 g/mol. The third-order valence-electron chi connectivity index (χ3n) is 7.51. The molecule has 7 heteroatoms. The summed E-state index contributed by atoms with van der Waals surface area (Å²) < 4.78 is 23.8. The molecule has 1 fully saturated rings. The molecule has 4 aromatic carbocycles. The van der Waals surface area contributed by atoms with E-state index in [0.29, 0.717) is 19.6 Å². The van der Waals surface area contributed by atoms with Gasteiger partial charge in [0.05, 0.1) is 33.5 Å². The molecule has 2 atom stereocenters. The van der Waals surface area contributed by atoms with E-state index in [0.717, 1.165) is 44.7 Å². The van der Waals surface area contributed by atoms with Crippen LogP contribution >= 0.6 is 0 Å². The number of piperidine rings is 1. The SMILES string of the molecule is COc1cc(COC2CN(C(=O)O)CCC2c2ccc(OC/C=C/c3ccccc3)cc2)c(OC)c2ccccc12. The molecule has 0 aromatic heterocycles. The number of carboxylic acid groups (broad SMARTS) is 1. The van der Waals surface area contributed by atoms with Crippen molar-refractivity contribution >= 4 is 22.9 Å². The van der Waals surface area contributed by atoms with Crippen molar-refractivity contribution in [2.45, 2.75) is 25.0 Å².